The van der Waals surface area contributed by atoms with E-state index < -0.39 is 27.6 Å². The summed E-state index contributed by atoms with van der Waals surface area (Å²) < 4.78 is 24.2. The highest BCUT2D eigenvalue weighted by Crippen LogP contribution is 2.53. The van der Waals surface area contributed by atoms with Crippen LogP contribution in [-0.2, 0) is 20.4 Å². The van der Waals surface area contributed by atoms with Crippen molar-refractivity contribution in [2.75, 3.05) is 7.11 Å². The zero-order valence-electron chi connectivity index (χ0n) is 29.4. The molecule has 2 rings (SSSR count). The number of hydrogen-bond acceptors (Lipinski definition) is 7. The first kappa shape index (κ1) is 36.6. The number of ether oxygens (including phenoxy) is 4. The second-order valence-electron chi connectivity index (χ2n) is 15.5. The first-order valence-electron chi connectivity index (χ1n) is 15.1. The average molecular weight is 609 g/mol. The monoisotopic (exact) mass is 608 g/mol. The molecule has 2 aromatic carbocycles. The number of methoxy groups -OCH3 is 1. The minimum absolute atomic E-state index is 0.223. The lowest BCUT2D eigenvalue weighted by atomic mass is 9.76. The summed E-state index contributed by atoms with van der Waals surface area (Å²) in [4.78, 5) is 39.1. The lowest BCUT2D eigenvalue weighted by Crippen LogP contribution is -2.29. The van der Waals surface area contributed by atoms with Crippen LogP contribution in [0, 0.1) is 10.8 Å². The number of carbonyl (C=O) groups excluding carboxylic acids is 3. The third-order valence-corrected chi connectivity index (χ3v) is 6.63. The van der Waals surface area contributed by atoms with Gasteiger partial charge in [-0.25, -0.2) is 0 Å². The van der Waals surface area contributed by atoms with Gasteiger partial charge in [0.1, 0.15) is 23.0 Å². The van der Waals surface area contributed by atoms with Crippen molar-refractivity contribution in [3.8, 4) is 23.0 Å². The van der Waals surface area contributed by atoms with E-state index in [1.54, 1.807) is 79.0 Å². The zero-order valence-corrected chi connectivity index (χ0v) is 29.4. The molecule has 0 heterocycles. The van der Waals surface area contributed by atoms with Gasteiger partial charge in [-0.15, -0.1) is 0 Å². The summed E-state index contributed by atoms with van der Waals surface area (Å²) >= 11 is 0. The van der Waals surface area contributed by atoms with Crippen LogP contribution in [0.15, 0.2) is 30.3 Å². The molecular formula is C37H52O7. The second kappa shape index (κ2) is 13.2. The third kappa shape index (κ3) is 8.96. The van der Waals surface area contributed by atoms with Crippen LogP contribution in [0.3, 0.4) is 0 Å². The van der Waals surface area contributed by atoms with Crippen molar-refractivity contribution in [3.63, 3.8) is 0 Å². The van der Waals surface area contributed by atoms with Gasteiger partial charge in [-0.2, -0.15) is 0 Å². The van der Waals surface area contributed by atoms with Crippen molar-refractivity contribution < 1.29 is 33.3 Å². The van der Waals surface area contributed by atoms with Crippen LogP contribution < -0.4 is 18.9 Å². The van der Waals surface area contributed by atoms with Gasteiger partial charge in [0.2, 0.25) is 0 Å². The van der Waals surface area contributed by atoms with Gasteiger partial charge in [0.15, 0.2) is 5.78 Å². The maximum Gasteiger partial charge on any atom is 0.316 e. The van der Waals surface area contributed by atoms with Crippen molar-refractivity contribution in [2.45, 2.75) is 114 Å². The Morgan fingerprint density at radius 2 is 1.11 bits per heavy atom. The van der Waals surface area contributed by atoms with E-state index in [1.807, 2.05) is 34.6 Å². The standard InChI is InChI=1S/C37H52O7/c1-22(2)42-29-25(20-21-26(38)23-16-18-24(19-17-23)43-32(39)36(9,10)11)30(44-33(40)37(12,13)14)28(35(6,7)8)31(41-15)27(29)34(3,4)5/h16-22H,1-15H3. The number of allylic oxidation sites excluding steroid dienone is 1. The summed E-state index contributed by atoms with van der Waals surface area (Å²) in [5.41, 5.74) is 0.00300. The number of esters is 2. The molecule has 0 N–H and O–H groups in total. The number of ketones is 1. The Balaban J connectivity index is 2.87. The zero-order chi connectivity index (χ0) is 34.0. The molecule has 0 unspecified atom stereocenters. The van der Waals surface area contributed by atoms with Crippen molar-refractivity contribution in [1.82, 2.24) is 0 Å². The Bertz CT molecular complexity index is 1400. The van der Waals surface area contributed by atoms with E-state index >= 15 is 0 Å². The number of rotatable bonds is 8. The van der Waals surface area contributed by atoms with Crippen LogP contribution in [-0.4, -0.2) is 30.9 Å². The highest BCUT2D eigenvalue weighted by molar-refractivity contribution is 6.07. The van der Waals surface area contributed by atoms with Crippen molar-refractivity contribution in [3.05, 3.63) is 52.6 Å². The molecule has 0 saturated carbocycles. The molecule has 2 aromatic rings. The van der Waals surface area contributed by atoms with Crippen LogP contribution in [0.4, 0.5) is 0 Å². The van der Waals surface area contributed by atoms with Crippen LogP contribution >= 0.6 is 0 Å². The molecule has 0 aliphatic carbocycles. The minimum atomic E-state index is -0.793. The molecule has 0 aliphatic rings. The normalized spacial score (nSPS) is 12.8. The fourth-order valence-corrected chi connectivity index (χ4v) is 4.33. The molecule has 0 aromatic heterocycles. The van der Waals surface area contributed by atoms with Crippen LogP contribution in [0.25, 0.3) is 6.08 Å². The number of hydrogen-bond donors (Lipinski definition) is 0. The van der Waals surface area contributed by atoms with Crippen molar-refractivity contribution >= 4 is 23.8 Å². The summed E-state index contributed by atoms with van der Waals surface area (Å²) in [7, 11) is 1.61. The predicted molar refractivity (Wildman–Crippen MR) is 176 cm³/mol. The lowest BCUT2D eigenvalue weighted by molar-refractivity contribution is -0.143. The van der Waals surface area contributed by atoms with E-state index in [2.05, 4.69) is 20.8 Å². The summed E-state index contributed by atoms with van der Waals surface area (Å²) in [5, 5.41) is 0. The largest absolute Gasteiger partial charge is 0.496 e. The number of benzene rings is 2. The Morgan fingerprint density at radius 1 is 0.659 bits per heavy atom. The van der Waals surface area contributed by atoms with E-state index in [-0.39, 0.29) is 17.9 Å². The number of carbonyl (C=O) groups is 3. The highest BCUT2D eigenvalue weighted by Gasteiger charge is 2.38. The van der Waals surface area contributed by atoms with E-state index in [0.29, 0.717) is 39.7 Å². The molecule has 0 radical (unpaired) electrons. The van der Waals surface area contributed by atoms with E-state index in [1.165, 1.54) is 6.08 Å². The van der Waals surface area contributed by atoms with Crippen LogP contribution in [0.5, 0.6) is 23.0 Å². The highest BCUT2D eigenvalue weighted by atomic mass is 16.5. The Hall–Kier alpha value is -3.61. The third-order valence-electron chi connectivity index (χ3n) is 6.63. The average Bonchev–Trinajstić information content (AvgIpc) is 2.84. The predicted octanol–water partition coefficient (Wildman–Crippen LogP) is 8.88. The van der Waals surface area contributed by atoms with Gasteiger partial charge in [-0.1, -0.05) is 41.5 Å². The van der Waals surface area contributed by atoms with Gasteiger partial charge in [-0.3, -0.25) is 14.4 Å². The molecule has 0 bridgehead atoms. The topological polar surface area (TPSA) is 88.1 Å². The minimum Gasteiger partial charge on any atom is -0.496 e. The molecule has 242 valence electrons. The summed E-state index contributed by atoms with van der Waals surface area (Å²) in [6.45, 7) is 26.8. The summed E-state index contributed by atoms with van der Waals surface area (Å²) in [5.74, 6) is 0.651. The molecule has 0 saturated heterocycles. The van der Waals surface area contributed by atoms with Gasteiger partial charge in [-0.05, 0) is 103 Å². The van der Waals surface area contributed by atoms with Gasteiger partial charge < -0.3 is 18.9 Å². The van der Waals surface area contributed by atoms with Gasteiger partial charge in [0, 0.05) is 16.7 Å². The molecular weight excluding hydrogens is 556 g/mol. The molecule has 0 spiro atoms. The van der Waals surface area contributed by atoms with Crippen LogP contribution in [0.1, 0.15) is 124 Å². The van der Waals surface area contributed by atoms with Gasteiger partial charge >= 0.3 is 11.9 Å². The maximum absolute atomic E-state index is 13.5. The molecule has 0 atom stereocenters. The van der Waals surface area contributed by atoms with Crippen LogP contribution in [0.2, 0.25) is 0 Å². The smallest absolute Gasteiger partial charge is 0.316 e. The maximum atomic E-state index is 13.5. The molecule has 7 heteroatoms. The summed E-state index contributed by atoms with van der Waals surface area (Å²) in [6, 6.07) is 6.41. The van der Waals surface area contributed by atoms with Gasteiger partial charge in [0.25, 0.3) is 0 Å². The Kier molecular flexibility index (Phi) is 11.0. The quantitative estimate of drug-likeness (QED) is 0.128. The van der Waals surface area contributed by atoms with E-state index in [4.69, 9.17) is 18.9 Å². The lowest BCUT2D eigenvalue weighted by Gasteiger charge is -2.35. The van der Waals surface area contributed by atoms with E-state index in [0.717, 1.165) is 5.56 Å². The molecule has 0 amide bonds. The fraction of sp³-hybridized carbons (Fsp3) is 0.541. The fourth-order valence-electron chi connectivity index (χ4n) is 4.33. The summed E-state index contributed by atoms with van der Waals surface area (Å²) in [6.07, 6.45) is 2.88. The first-order valence-corrected chi connectivity index (χ1v) is 15.1. The SMILES string of the molecule is COc1c(C(C)(C)C)c(OC(=O)C(C)(C)C)c(C=CC(=O)c2ccc(OC(=O)C(C)(C)C)cc2)c(OC(C)C)c1C(C)(C)C. The van der Waals surface area contributed by atoms with Crippen molar-refractivity contribution in [1.29, 1.82) is 0 Å². The second-order valence-corrected chi connectivity index (χ2v) is 15.5. The molecule has 0 aliphatic heterocycles. The van der Waals surface area contributed by atoms with E-state index in [9.17, 15) is 14.4 Å². The van der Waals surface area contributed by atoms with Crippen molar-refractivity contribution in [2.24, 2.45) is 10.8 Å². The first-order chi connectivity index (χ1) is 19.9. The Morgan fingerprint density at radius 3 is 1.52 bits per heavy atom. The van der Waals surface area contributed by atoms with Gasteiger partial charge in [0.05, 0.1) is 29.6 Å². The molecule has 7 nitrogen and oxygen atoms in total. The molecule has 0 fully saturated rings. The Labute approximate surface area is 264 Å². The molecule has 44 heavy (non-hydrogen) atoms.